The van der Waals surface area contributed by atoms with E-state index in [0.29, 0.717) is 6.54 Å². The predicted molar refractivity (Wildman–Crippen MR) is 119 cm³/mol. The van der Waals surface area contributed by atoms with E-state index in [-0.39, 0.29) is 24.3 Å². The summed E-state index contributed by atoms with van der Waals surface area (Å²) in [6.07, 6.45) is 1.14. The van der Waals surface area contributed by atoms with Gasteiger partial charge in [0.05, 0.1) is 6.42 Å². The van der Waals surface area contributed by atoms with E-state index >= 15 is 0 Å². The second kappa shape index (κ2) is 10.2. The molecule has 0 fully saturated rings. The first-order valence-corrected chi connectivity index (χ1v) is 10.4. The fourth-order valence-corrected chi connectivity index (χ4v) is 3.50. The van der Waals surface area contributed by atoms with Crippen LogP contribution < -0.4 is 5.32 Å². The largest absolute Gasteiger partial charge is 0.352 e. The number of hydrogen-bond donors (Lipinski definition) is 1. The van der Waals surface area contributed by atoms with Crippen molar-refractivity contribution in [2.45, 2.75) is 73.0 Å². The molecule has 156 valence electrons. The first-order valence-electron chi connectivity index (χ1n) is 10.4. The van der Waals surface area contributed by atoms with Gasteiger partial charge in [0.15, 0.2) is 0 Å². The van der Waals surface area contributed by atoms with Crippen molar-refractivity contribution < 1.29 is 9.59 Å². The fourth-order valence-electron chi connectivity index (χ4n) is 3.50. The number of hydrogen-bond acceptors (Lipinski definition) is 2. The maximum absolute atomic E-state index is 13.3. The molecule has 2 aromatic carbocycles. The van der Waals surface area contributed by atoms with E-state index in [0.717, 1.165) is 34.2 Å². The molecular weight excluding hydrogens is 360 g/mol. The van der Waals surface area contributed by atoms with E-state index < -0.39 is 6.04 Å². The summed E-state index contributed by atoms with van der Waals surface area (Å²) < 4.78 is 0. The summed E-state index contributed by atoms with van der Waals surface area (Å²) in [5.41, 5.74) is 5.43. The lowest BCUT2D eigenvalue weighted by Crippen LogP contribution is -2.49. The van der Waals surface area contributed by atoms with Crippen LogP contribution in [-0.2, 0) is 22.6 Å². The molecule has 1 N–H and O–H groups in total. The zero-order chi connectivity index (χ0) is 21.6. The van der Waals surface area contributed by atoms with Crippen LogP contribution in [0.5, 0.6) is 0 Å². The molecule has 0 heterocycles. The Morgan fingerprint density at radius 3 is 2.14 bits per heavy atom. The molecule has 0 spiro atoms. The molecule has 0 bridgehead atoms. The average Bonchev–Trinajstić information content (AvgIpc) is 2.64. The van der Waals surface area contributed by atoms with Crippen LogP contribution in [0.3, 0.4) is 0 Å². The molecule has 2 aromatic rings. The molecule has 0 saturated carbocycles. The van der Waals surface area contributed by atoms with Gasteiger partial charge in [-0.2, -0.15) is 0 Å². The van der Waals surface area contributed by atoms with Crippen LogP contribution >= 0.6 is 0 Å². The van der Waals surface area contributed by atoms with Crippen LogP contribution in [-0.4, -0.2) is 28.8 Å². The minimum absolute atomic E-state index is 0.0386. The van der Waals surface area contributed by atoms with Crippen LogP contribution in [0.1, 0.15) is 55.0 Å². The minimum atomic E-state index is -0.539. The van der Waals surface area contributed by atoms with Crippen molar-refractivity contribution in [2.24, 2.45) is 0 Å². The third kappa shape index (κ3) is 6.74. The topological polar surface area (TPSA) is 49.4 Å². The smallest absolute Gasteiger partial charge is 0.242 e. The van der Waals surface area contributed by atoms with Crippen LogP contribution in [0.2, 0.25) is 0 Å². The van der Waals surface area contributed by atoms with Crippen molar-refractivity contribution >= 4 is 11.8 Å². The molecule has 29 heavy (non-hydrogen) atoms. The molecule has 0 saturated heterocycles. The first kappa shape index (κ1) is 22.7. The Morgan fingerprint density at radius 2 is 1.55 bits per heavy atom. The highest BCUT2D eigenvalue weighted by atomic mass is 16.2. The predicted octanol–water partition coefficient (Wildman–Crippen LogP) is 4.49. The SMILES string of the molecule is CC[C@@H](C)NC(=O)[C@@H](C)N(Cc1cccc(C)c1)C(=O)Cc1cc(C)cc(C)c1. The standard InChI is InChI=1S/C25H34N2O2/c1-7-20(5)26-25(29)21(6)27(16-22-10-8-9-17(2)12-22)24(28)15-23-13-18(3)11-19(4)14-23/h8-14,20-21H,7,15-16H2,1-6H3,(H,26,29)/t20-,21-/m1/s1. The zero-order valence-corrected chi connectivity index (χ0v) is 18.6. The molecular formula is C25H34N2O2. The van der Waals surface area contributed by atoms with Crippen molar-refractivity contribution in [1.29, 1.82) is 0 Å². The molecule has 0 radical (unpaired) electrons. The maximum Gasteiger partial charge on any atom is 0.242 e. The maximum atomic E-state index is 13.3. The third-order valence-corrected chi connectivity index (χ3v) is 5.24. The van der Waals surface area contributed by atoms with Gasteiger partial charge in [-0.15, -0.1) is 0 Å². The highest BCUT2D eigenvalue weighted by molar-refractivity contribution is 5.88. The van der Waals surface area contributed by atoms with Crippen molar-refractivity contribution in [1.82, 2.24) is 10.2 Å². The van der Waals surface area contributed by atoms with Gasteiger partial charge in [0.2, 0.25) is 11.8 Å². The van der Waals surface area contributed by atoms with Crippen molar-refractivity contribution in [3.63, 3.8) is 0 Å². The van der Waals surface area contributed by atoms with Crippen molar-refractivity contribution in [3.05, 3.63) is 70.3 Å². The number of carbonyl (C=O) groups is 2. The molecule has 0 aliphatic heterocycles. The van der Waals surface area contributed by atoms with Crippen molar-refractivity contribution in [2.75, 3.05) is 0 Å². The summed E-state index contributed by atoms with van der Waals surface area (Å²) in [6.45, 7) is 12.3. The Balaban J connectivity index is 2.26. The fraction of sp³-hybridized carbons (Fsp3) is 0.440. The quantitative estimate of drug-likeness (QED) is 0.717. The lowest BCUT2D eigenvalue weighted by molar-refractivity contribution is -0.140. The Bertz CT molecular complexity index is 839. The number of nitrogens with zero attached hydrogens (tertiary/aromatic N) is 1. The number of aryl methyl sites for hydroxylation is 3. The molecule has 2 amide bonds. The third-order valence-electron chi connectivity index (χ3n) is 5.24. The van der Waals surface area contributed by atoms with Gasteiger partial charge in [0.1, 0.15) is 6.04 Å². The van der Waals surface area contributed by atoms with Gasteiger partial charge in [-0.1, -0.05) is 66.1 Å². The van der Waals surface area contributed by atoms with E-state index in [1.807, 2.05) is 71.9 Å². The normalized spacial score (nSPS) is 12.9. The van der Waals surface area contributed by atoms with Gasteiger partial charge < -0.3 is 10.2 Å². The van der Waals surface area contributed by atoms with Gasteiger partial charge in [-0.3, -0.25) is 9.59 Å². The van der Waals surface area contributed by atoms with E-state index in [9.17, 15) is 9.59 Å². The van der Waals surface area contributed by atoms with E-state index in [4.69, 9.17) is 0 Å². The summed E-state index contributed by atoms with van der Waals surface area (Å²) in [4.78, 5) is 27.7. The van der Waals surface area contributed by atoms with Gasteiger partial charge in [-0.05, 0) is 52.2 Å². The van der Waals surface area contributed by atoms with Crippen molar-refractivity contribution in [3.8, 4) is 0 Å². The highest BCUT2D eigenvalue weighted by Gasteiger charge is 2.27. The summed E-state index contributed by atoms with van der Waals surface area (Å²) in [5.74, 6) is -0.149. The highest BCUT2D eigenvalue weighted by Crippen LogP contribution is 2.16. The lowest BCUT2D eigenvalue weighted by atomic mass is 10.0. The van der Waals surface area contributed by atoms with Gasteiger partial charge in [0, 0.05) is 12.6 Å². The minimum Gasteiger partial charge on any atom is -0.352 e. The van der Waals surface area contributed by atoms with Crippen LogP contribution in [0.4, 0.5) is 0 Å². The van der Waals surface area contributed by atoms with E-state index in [1.165, 1.54) is 0 Å². The molecule has 0 unspecified atom stereocenters. The Labute approximate surface area is 175 Å². The zero-order valence-electron chi connectivity index (χ0n) is 18.6. The van der Waals surface area contributed by atoms with Crippen LogP contribution in [0.25, 0.3) is 0 Å². The van der Waals surface area contributed by atoms with Gasteiger partial charge in [0.25, 0.3) is 0 Å². The van der Waals surface area contributed by atoms with Crippen LogP contribution in [0, 0.1) is 20.8 Å². The Kier molecular flexibility index (Phi) is 8.00. The van der Waals surface area contributed by atoms with Gasteiger partial charge >= 0.3 is 0 Å². The summed E-state index contributed by atoms with van der Waals surface area (Å²) in [6, 6.07) is 13.8. The first-order chi connectivity index (χ1) is 13.7. The molecule has 0 aliphatic carbocycles. The number of amides is 2. The molecule has 0 aromatic heterocycles. The number of nitrogens with one attached hydrogen (secondary N) is 1. The second-order valence-corrected chi connectivity index (χ2v) is 8.18. The average molecular weight is 395 g/mol. The lowest BCUT2D eigenvalue weighted by Gasteiger charge is -2.30. The molecule has 4 heteroatoms. The summed E-state index contributed by atoms with van der Waals surface area (Å²) >= 11 is 0. The van der Waals surface area contributed by atoms with E-state index in [2.05, 4.69) is 17.4 Å². The van der Waals surface area contributed by atoms with E-state index in [1.54, 1.807) is 4.90 Å². The molecule has 0 aliphatic rings. The van der Waals surface area contributed by atoms with Gasteiger partial charge in [-0.25, -0.2) is 0 Å². The molecule has 2 rings (SSSR count). The monoisotopic (exact) mass is 394 g/mol. The number of carbonyl (C=O) groups excluding carboxylic acids is 2. The summed E-state index contributed by atoms with van der Waals surface area (Å²) in [5, 5.41) is 3.01. The molecule has 4 nitrogen and oxygen atoms in total. The second-order valence-electron chi connectivity index (χ2n) is 8.18. The van der Waals surface area contributed by atoms with Crippen LogP contribution in [0.15, 0.2) is 42.5 Å². The Hall–Kier alpha value is -2.62. The number of rotatable bonds is 8. The number of benzene rings is 2. The molecule has 2 atom stereocenters. The summed E-state index contributed by atoms with van der Waals surface area (Å²) in [7, 11) is 0. The Morgan fingerprint density at radius 1 is 0.931 bits per heavy atom.